The molecule has 1 aromatic rings. The second-order valence-electron chi connectivity index (χ2n) is 4.06. The molecule has 6 heteroatoms. The van der Waals surface area contributed by atoms with Gasteiger partial charge in [-0.25, -0.2) is 13.2 Å². The van der Waals surface area contributed by atoms with Gasteiger partial charge in [0.15, 0.2) is 9.84 Å². The van der Waals surface area contributed by atoms with Crippen molar-refractivity contribution >= 4 is 15.8 Å². The first kappa shape index (κ1) is 14.6. The number of hydrogen-bond donors (Lipinski definition) is 0. The fraction of sp³-hybridized carbons (Fsp3) is 0.500. The Morgan fingerprint density at radius 2 is 2.11 bits per heavy atom. The lowest BCUT2D eigenvalue weighted by atomic mass is 10.2. The zero-order chi connectivity index (χ0) is 13.8. The van der Waals surface area contributed by atoms with E-state index in [0.29, 0.717) is 17.7 Å². The lowest BCUT2D eigenvalue weighted by Gasteiger charge is -2.10. The third-order valence-corrected chi connectivity index (χ3v) is 5.04. The third-order valence-electron chi connectivity index (χ3n) is 2.78. The van der Waals surface area contributed by atoms with E-state index >= 15 is 0 Å². The van der Waals surface area contributed by atoms with Gasteiger partial charge in [-0.15, -0.1) is 0 Å². The molecular formula is C12H17NO4S. The van der Waals surface area contributed by atoms with Crippen molar-refractivity contribution in [2.45, 2.75) is 31.3 Å². The lowest BCUT2D eigenvalue weighted by molar-refractivity contribution is 0.0600. The molecule has 0 amide bonds. The number of carbonyl (C=O) groups is 1. The number of carbonyl (C=O) groups excluding carboxylic acids is 1. The summed E-state index contributed by atoms with van der Waals surface area (Å²) in [6.07, 6.45) is 1.90. The quantitative estimate of drug-likeness (QED) is 0.760. The van der Waals surface area contributed by atoms with Gasteiger partial charge in [0, 0.05) is 6.20 Å². The van der Waals surface area contributed by atoms with Crippen molar-refractivity contribution in [2.24, 2.45) is 0 Å². The Hall–Kier alpha value is -1.43. The highest BCUT2D eigenvalue weighted by molar-refractivity contribution is 7.91. The van der Waals surface area contributed by atoms with Crippen LogP contribution < -0.4 is 0 Å². The molecular weight excluding hydrogens is 254 g/mol. The van der Waals surface area contributed by atoms with Crippen LogP contribution in [0, 0.1) is 0 Å². The second kappa shape index (κ2) is 5.95. The van der Waals surface area contributed by atoms with Gasteiger partial charge in [0.25, 0.3) is 0 Å². The van der Waals surface area contributed by atoms with E-state index in [-0.39, 0.29) is 11.0 Å². The fourth-order valence-electron chi connectivity index (χ4n) is 1.35. The van der Waals surface area contributed by atoms with E-state index in [2.05, 4.69) is 9.72 Å². The van der Waals surface area contributed by atoms with Crippen LogP contribution in [0.15, 0.2) is 18.3 Å². The van der Waals surface area contributed by atoms with Gasteiger partial charge in [-0.1, -0.05) is 6.92 Å². The number of pyridine rings is 1. The minimum Gasteiger partial charge on any atom is -0.465 e. The highest BCUT2D eigenvalue weighted by atomic mass is 32.2. The maximum absolute atomic E-state index is 11.9. The summed E-state index contributed by atoms with van der Waals surface area (Å²) in [5.41, 5.74) is 0.741. The van der Waals surface area contributed by atoms with Crippen molar-refractivity contribution in [3.05, 3.63) is 29.6 Å². The molecule has 18 heavy (non-hydrogen) atoms. The molecule has 0 spiro atoms. The van der Waals surface area contributed by atoms with Crippen LogP contribution in [0.25, 0.3) is 0 Å². The van der Waals surface area contributed by atoms with Crippen LogP contribution in [0.5, 0.6) is 0 Å². The minimum absolute atomic E-state index is 0.108. The van der Waals surface area contributed by atoms with Gasteiger partial charge in [-0.2, -0.15) is 0 Å². The first-order valence-corrected chi connectivity index (χ1v) is 7.37. The van der Waals surface area contributed by atoms with Crippen molar-refractivity contribution in [2.75, 3.05) is 7.11 Å². The summed E-state index contributed by atoms with van der Waals surface area (Å²) in [5.74, 6) is -0.595. The summed E-state index contributed by atoms with van der Waals surface area (Å²) in [4.78, 5) is 15.2. The normalized spacial score (nSPS) is 13.1. The number of esters is 1. The second-order valence-corrected chi connectivity index (χ2v) is 6.47. The number of methoxy groups -OCH3 is 1. The van der Waals surface area contributed by atoms with Crippen LogP contribution in [0.4, 0.5) is 0 Å². The Bertz CT molecular complexity index is 507. The summed E-state index contributed by atoms with van der Waals surface area (Å²) in [6.45, 7) is 3.51. The molecule has 0 aliphatic rings. The van der Waals surface area contributed by atoms with Gasteiger partial charge < -0.3 is 4.74 Å². The highest BCUT2D eigenvalue weighted by Gasteiger charge is 2.20. The van der Waals surface area contributed by atoms with Crippen LogP contribution in [0.3, 0.4) is 0 Å². The van der Waals surface area contributed by atoms with Crippen molar-refractivity contribution in [1.29, 1.82) is 0 Å². The van der Waals surface area contributed by atoms with Gasteiger partial charge in [-0.05, 0) is 25.5 Å². The van der Waals surface area contributed by atoms with E-state index < -0.39 is 15.8 Å². The predicted octanol–water partition coefficient (Wildman–Crippen LogP) is 1.58. The molecule has 1 atom stereocenters. The Kier molecular flexibility index (Phi) is 4.84. The summed E-state index contributed by atoms with van der Waals surface area (Å²) in [5, 5.41) is -0.389. The average molecular weight is 271 g/mol. The monoisotopic (exact) mass is 271 g/mol. The number of aromatic nitrogens is 1. The van der Waals surface area contributed by atoms with E-state index in [1.54, 1.807) is 6.92 Å². The number of ether oxygens (including phenoxy) is 1. The minimum atomic E-state index is -3.18. The Morgan fingerprint density at radius 1 is 1.44 bits per heavy atom. The van der Waals surface area contributed by atoms with Gasteiger partial charge in [0.1, 0.15) is 0 Å². The van der Waals surface area contributed by atoms with E-state index in [1.165, 1.54) is 25.4 Å². The third kappa shape index (κ3) is 3.53. The molecule has 1 unspecified atom stereocenters. The predicted molar refractivity (Wildman–Crippen MR) is 68.0 cm³/mol. The van der Waals surface area contributed by atoms with Crippen LogP contribution in [-0.4, -0.2) is 31.7 Å². The molecule has 0 bridgehead atoms. The van der Waals surface area contributed by atoms with Gasteiger partial charge in [0.2, 0.25) is 0 Å². The maximum Gasteiger partial charge on any atom is 0.339 e. The van der Waals surface area contributed by atoms with E-state index in [1.807, 2.05) is 6.92 Å². The number of hydrogen-bond acceptors (Lipinski definition) is 5. The number of nitrogens with zero attached hydrogens (tertiary/aromatic N) is 1. The molecule has 0 aromatic carbocycles. The Balaban J connectivity index is 2.85. The fourth-order valence-corrected chi connectivity index (χ4v) is 2.73. The summed E-state index contributed by atoms with van der Waals surface area (Å²) in [6, 6.07) is 3.05. The molecule has 0 radical (unpaired) electrons. The molecule has 1 aromatic heterocycles. The Morgan fingerprint density at radius 3 is 2.56 bits per heavy atom. The maximum atomic E-state index is 11.9. The largest absolute Gasteiger partial charge is 0.465 e. The smallest absolute Gasteiger partial charge is 0.339 e. The van der Waals surface area contributed by atoms with Gasteiger partial charge in [-0.3, -0.25) is 4.98 Å². The summed E-state index contributed by atoms with van der Waals surface area (Å²) < 4.78 is 28.3. The summed E-state index contributed by atoms with van der Waals surface area (Å²) >= 11 is 0. The van der Waals surface area contributed by atoms with E-state index in [4.69, 9.17) is 0 Å². The highest BCUT2D eigenvalue weighted by Crippen LogP contribution is 2.12. The molecule has 0 aliphatic carbocycles. The van der Waals surface area contributed by atoms with Crippen molar-refractivity contribution in [1.82, 2.24) is 4.98 Å². The van der Waals surface area contributed by atoms with Crippen LogP contribution >= 0.6 is 0 Å². The van der Waals surface area contributed by atoms with Crippen LogP contribution in [0.2, 0.25) is 0 Å². The average Bonchev–Trinajstić information content (AvgIpc) is 2.37. The van der Waals surface area contributed by atoms with Gasteiger partial charge >= 0.3 is 5.97 Å². The molecule has 0 aliphatic heterocycles. The topological polar surface area (TPSA) is 73.3 Å². The standard InChI is InChI=1S/C12H17NO4S/c1-4-9(2)18(15,16)8-11-6-5-10(7-13-11)12(14)17-3/h5-7,9H,4,8H2,1-3H3. The van der Waals surface area contributed by atoms with Crippen LogP contribution in [0.1, 0.15) is 36.3 Å². The summed E-state index contributed by atoms with van der Waals surface area (Å²) in [7, 11) is -1.90. The van der Waals surface area contributed by atoms with Crippen LogP contribution in [-0.2, 0) is 20.3 Å². The van der Waals surface area contributed by atoms with E-state index in [9.17, 15) is 13.2 Å². The van der Waals surface area contributed by atoms with Gasteiger partial charge in [0.05, 0.1) is 29.4 Å². The lowest BCUT2D eigenvalue weighted by Crippen LogP contribution is -2.19. The molecule has 100 valence electrons. The van der Waals surface area contributed by atoms with Crippen molar-refractivity contribution in [3.8, 4) is 0 Å². The zero-order valence-corrected chi connectivity index (χ0v) is 11.5. The number of sulfone groups is 1. The SMILES string of the molecule is CCC(C)S(=O)(=O)Cc1ccc(C(=O)OC)cn1. The van der Waals surface area contributed by atoms with Crippen molar-refractivity contribution < 1.29 is 17.9 Å². The van der Waals surface area contributed by atoms with E-state index in [0.717, 1.165) is 0 Å². The van der Waals surface area contributed by atoms with Crippen molar-refractivity contribution in [3.63, 3.8) is 0 Å². The first-order valence-electron chi connectivity index (χ1n) is 5.65. The first-order chi connectivity index (χ1) is 8.40. The molecule has 0 saturated heterocycles. The molecule has 0 saturated carbocycles. The molecule has 5 nitrogen and oxygen atoms in total. The zero-order valence-electron chi connectivity index (χ0n) is 10.7. The number of rotatable bonds is 5. The molecule has 0 fully saturated rings. The molecule has 1 heterocycles. The molecule has 0 N–H and O–H groups in total. The molecule has 1 rings (SSSR count). The Labute approximate surface area is 107 Å².